The number of hydrogen-bond acceptors (Lipinski definition) is 1. The van der Waals surface area contributed by atoms with Crippen molar-refractivity contribution < 1.29 is 4.74 Å². The first kappa shape index (κ1) is 28.7. The van der Waals surface area contributed by atoms with Gasteiger partial charge in [-0.25, -0.2) is 0 Å². The van der Waals surface area contributed by atoms with Crippen LogP contribution < -0.4 is 36.6 Å². The van der Waals surface area contributed by atoms with E-state index in [1.165, 1.54) is 54.1 Å². The number of rotatable bonds is 6. The molecule has 0 amide bonds. The molecule has 0 saturated heterocycles. The summed E-state index contributed by atoms with van der Waals surface area (Å²) in [6.45, 7) is 9.18. The van der Waals surface area contributed by atoms with Crippen molar-refractivity contribution in [3.8, 4) is 11.5 Å². The Kier molecular flexibility index (Phi) is 7.72. The Bertz CT molecular complexity index is 1810. The van der Waals surface area contributed by atoms with Gasteiger partial charge in [0.05, 0.1) is 0 Å². The average molecular weight is 607 g/mol. The zero-order chi connectivity index (χ0) is 30.3. The SMILES string of the molecule is Cc1ccccc1P(c1ccccc1)c1cccc2c1Oc1c([P@@](c3ccccc3)c3ccccc3C)cccc1C2(C)C. The highest BCUT2D eigenvalue weighted by Crippen LogP contribution is 2.52. The molecule has 3 heteroatoms. The molecule has 44 heavy (non-hydrogen) atoms. The van der Waals surface area contributed by atoms with Gasteiger partial charge in [0, 0.05) is 27.2 Å². The molecule has 0 spiro atoms. The van der Waals surface area contributed by atoms with Gasteiger partial charge in [-0.1, -0.05) is 159 Å². The molecule has 0 bridgehead atoms. The van der Waals surface area contributed by atoms with E-state index in [0.717, 1.165) is 11.5 Å². The molecule has 2 atom stereocenters. The summed E-state index contributed by atoms with van der Waals surface area (Å²) in [5.41, 5.74) is 4.88. The van der Waals surface area contributed by atoms with Gasteiger partial charge in [0.2, 0.25) is 0 Å². The first-order valence-corrected chi connectivity index (χ1v) is 17.9. The van der Waals surface area contributed by atoms with Crippen LogP contribution in [0.25, 0.3) is 0 Å². The number of para-hydroxylation sites is 2. The van der Waals surface area contributed by atoms with Crippen LogP contribution in [0.1, 0.15) is 36.1 Å². The fourth-order valence-corrected chi connectivity index (χ4v) is 11.6. The third-order valence-corrected chi connectivity index (χ3v) is 14.0. The second-order valence-electron chi connectivity index (χ2n) is 11.9. The van der Waals surface area contributed by atoms with E-state index in [0.29, 0.717) is 0 Å². The molecular weight excluding hydrogens is 570 g/mol. The highest BCUT2D eigenvalue weighted by atomic mass is 31.1. The second-order valence-corrected chi connectivity index (χ2v) is 16.3. The van der Waals surface area contributed by atoms with Gasteiger partial charge in [-0.15, -0.1) is 0 Å². The monoisotopic (exact) mass is 606 g/mol. The van der Waals surface area contributed by atoms with Crippen molar-refractivity contribution >= 4 is 47.7 Å². The van der Waals surface area contributed by atoms with Gasteiger partial charge in [-0.3, -0.25) is 0 Å². The summed E-state index contributed by atoms with van der Waals surface area (Å²) < 4.78 is 7.34. The molecule has 0 saturated carbocycles. The molecule has 0 fully saturated rings. The lowest BCUT2D eigenvalue weighted by molar-refractivity contribution is 0.425. The van der Waals surface area contributed by atoms with E-state index < -0.39 is 15.8 Å². The van der Waals surface area contributed by atoms with Crippen LogP contribution in [0.2, 0.25) is 0 Å². The molecule has 6 aromatic carbocycles. The molecule has 7 rings (SSSR count). The van der Waals surface area contributed by atoms with E-state index in [2.05, 4.69) is 173 Å². The molecule has 0 N–H and O–H groups in total. The summed E-state index contributed by atoms with van der Waals surface area (Å²) in [7, 11) is -1.70. The largest absolute Gasteiger partial charge is 0.455 e. The van der Waals surface area contributed by atoms with Gasteiger partial charge < -0.3 is 4.74 Å². The Morgan fingerprint density at radius 3 is 1.18 bits per heavy atom. The van der Waals surface area contributed by atoms with Crippen molar-refractivity contribution in [2.45, 2.75) is 33.1 Å². The molecule has 216 valence electrons. The average Bonchev–Trinajstić information content (AvgIpc) is 3.05. The van der Waals surface area contributed by atoms with Crippen LogP contribution in [0.15, 0.2) is 146 Å². The van der Waals surface area contributed by atoms with E-state index in [1.54, 1.807) is 0 Å². The third kappa shape index (κ3) is 4.99. The maximum absolute atomic E-state index is 7.34. The molecule has 1 aliphatic rings. The zero-order valence-corrected chi connectivity index (χ0v) is 27.4. The van der Waals surface area contributed by atoms with Gasteiger partial charge in [0.1, 0.15) is 11.5 Å². The molecular formula is C41H36OP2. The van der Waals surface area contributed by atoms with Crippen LogP contribution in [-0.4, -0.2) is 0 Å². The predicted octanol–water partition coefficient (Wildman–Crippen LogP) is 8.25. The maximum Gasteiger partial charge on any atom is 0.139 e. The first-order valence-electron chi connectivity index (χ1n) is 15.2. The minimum absolute atomic E-state index is 0.234. The van der Waals surface area contributed by atoms with Crippen molar-refractivity contribution in [1.82, 2.24) is 0 Å². The Hall–Kier alpha value is -4.02. The Morgan fingerprint density at radius 2 is 0.773 bits per heavy atom. The van der Waals surface area contributed by atoms with Crippen molar-refractivity contribution in [1.29, 1.82) is 0 Å². The molecule has 0 aliphatic carbocycles. The second kappa shape index (κ2) is 11.8. The lowest BCUT2D eigenvalue weighted by atomic mass is 9.76. The number of hydrogen-bond donors (Lipinski definition) is 0. The van der Waals surface area contributed by atoms with Crippen molar-refractivity contribution in [2.75, 3.05) is 0 Å². The Morgan fingerprint density at radius 1 is 0.409 bits per heavy atom. The maximum atomic E-state index is 7.34. The van der Waals surface area contributed by atoms with E-state index in [-0.39, 0.29) is 5.41 Å². The molecule has 1 unspecified atom stereocenters. The van der Waals surface area contributed by atoms with E-state index in [1.807, 2.05) is 0 Å². The van der Waals surface area contributed by atoms with Crippen LogP contribution >= 0.6 is 15.8 Å². The molecule has 1 aliphatic heterocycles. The lowest BCUT2D eigenvalue weighted by Crippen LogP contribution is -2.33. The number of fused-ring (bicyclic) bond motifs is 2. The van der Waals surface area contributed by atoms with Gasteiger partial charge >= 0.3 is 0 Å². The summed E-state index contributed by atoms with van der Waals surface area (Å²) in [5.74, 6) is 2.03. The first-order chi connectivity index (χ1) is 21.4. The van der Waals surface area contributed by atoms with Crippen LogP contribution in [-0.2, 0) is 5.41 Å². The van der Waals surface area contributed by atoms with Gasteiger partial charge in [-0.2, -0.15) is 0 Å². The molecule has 6 aromatic rings. The number of ether oxygens (including phenoxy) is 1. The summed E-state index contributed by atoms with van der Waals surface area (Å²) >= 11 is 0. The number of benzene rings is 6. The minimum Gasteiger partial charge on any atom is -0.455 e. The van der Waals surface area contributed by atoms with E-state index >= 15 is 0 Å². The van der Waals surface area contributed by atoms with Crippen LogP contribution in [0, 0.1) is 13.8 Å². The normalized spacial score (nSPS) is 14.5. The predicted molar refractivity (Wildman–Crippen MR) is 192 cm³/mol. The van der Waals surface area contributed by atoms with Gasteiger partial charge in [-0.05, 0) is 62.0 Å². The zero-order valence-electron chi connectivity index (χ0n) is 25.7. The molecule has 0 radical (unpaired) electrons. The van der Waals surface area contributed by atoms with Crippen molar-refractivity contribution in [2.24, 2.45) is 0 Å². The Balaban J connectivity index is 1.47. The minimum atomic E-state index is -0.850. The van der Waals surface area contributed by atoms with Crippen LogP contribution in [0.4, 0.5) is 0 Å². The summed E-state index contributed by atoms with van der Waals surface area (Å²) in [6.07, 6.45) is 0. The fraction of sp³-hybridized carbons (Fsp3) is 0.122. The van der Waals surface area contributed by atoms with E-state index in [4.69, 9.17) is 4.74 Å². The Labute approximate surface area is 264 Å². The van der Waals surface area contributed by atoms with Gasteiger partial charge in [0.15, 0.2) is 0 Å². The number of aryl methyl sites for hydroxylation is 2. The quantitative estimate of drug-likeness (QED) is 0.174. The van der Waals surface area contributed by atoms with Gasteiger partial charge in [0.25, 0.3) is 0 Å². The highest BCUT2D eigenvalue weighted by Gasteiger charge is 2.39. The molecule has 1 nitrogen and oxygen atoms in total. The topological polar surface area (TPSA) is 9.23 Å². The summed E-state index contributed by atoms with van der Waals surface area (Å²) in [4.78, 5) is 0. The van der Waals surface area contributed by atoms with Crippen LogP contribution in [0.3, 0.4) is 0 Å². The third-order valence-electron chi connectivity index (χ3n) is 8.76. The smallest absolute Gasteiger partial charge is 0.139 e. The molecule has 0 aromatic heterocycles. The van der Waals surface area contributed by atoms with Crippen molar-refractivity contribution in [3.63, 3.8) is 0 Å². The standard InChI is InChI=1S/C41H36OP2/c1-29-17-11-13-25-35(29)43(31-19-7-5-8-20-31)37-27-15-23-33-39(37)42-40-34(41(33,3)4)24-16-28-38(40)44(32-21-9-6-10-22-32)36-26-14-12-18-30(36)2/h5-28H,1-4H3/t43-,44?/m0/s1. The summed E-state index contributed by atoms with van der Waals surface area (Å²) in [5, 5.41) is 7.94. The lowest BCUT2D eigenvalue weighted by Gasteiger charge is -2.38. The van der Waals surface area contributed by atoms with Crippen molar-refractivity contribution in [3.05, 3.63) is 168 Å². The molecule has 1 heterocycles. The summed E-state index contributed by atoms with van der Waals surface area (Å²) in [6, 6.07) is 53.2. The van der Waals surface area contributed by atoms with Crippen LogP contribution in [0.5, 0.6) is 11.5 Å². The highest BCUT2D eigenvalue weighted by molar-refractivity contribution is 7.80. The fourth-order valence-electron chi connectivity index (χ4n) is 6.45. The van der Waals surface area contributed by atoms with E-state index in [9.17, 15) is 0 Å².